The topological polar surface area (TPSA) is 25.2 Å². The molecule has 2 nitrogen and oxygen atoms in total. The Morgan fingerprint density at radius 2 is 1.95 bits per heavy atom. The molecule has 0 atom stereocenters. The van der Waals surface area contributed by atoms with Crippen LogP contribution in [0.1, 0.15) is 25.3 Å². The normalized spacial score (nSPS) is 9.95. The predicted molar refractivity (Wildman–Crippen MR) is 83.0 cm³/mol. The molecule has 0 amide bonds. The van der Waals surface area contributed by atoms with Gasteiger partial charge in [-0.25, -0.2) is 0 Å². The Hall–Kier alpha value is -1.83. The third kappa shape index (κ3) is 3.82. The van der Waals surface area contributed by atoms with Crippen LogP contribution in [0.2, 0.25) is 0 Å². The molecule has 0 saturated carbocycles. The first kappa shape index (κ1) is 13.6. The van der Waals surface area contributed by atoms with Gasteiger partial charge in [0.05, 0.1) is 16.5 Å². The lowest BCUT2D eigenvalue weighted by atomic mass is 10.1. The van der Waals surface area contributed by atoms with Gasteiger partial charge in [-0.1, -0.05) is 31.5 Å². The molecule has 0 aliphatic heterocycles. The molecular formula is C16H16N2S. The van der Waals surface area contributed by atoms with E-state index in [0.29, 0.717) is 0 Å². The summed E-state index contributed by atoms with van der Waals surface area (Å²) >= 11 is 4.58. The van der Waals surface area contributed by atoms with Gasteiger partial charge >= 0.3 is 0 Å². The SMILES string of the molecule is CCCCc1ccc(-c2ccc(N=C=S)cc2)nc1. The van der Waals surface area contributed by atoms with Crippen molar-refractivity contribution in [2.24, 2.45) is 4.99 Å². The zero-order valence-electron chi connectivity index (χ0n) is 11.0. The van der Waals surface area contributed by atoms with Crippen LogP contribution in [0.3, 0.4) is 0 Å². The number of rotatable bonds is 5. The van der Waals surface area contributed by atoms with E-state index in [2.05, 4.69) is 46.4 Å². The largest absolute Gasteiger partial charge is 0.256 e. The van der Waals surface area contributed by atoms with Crippen molar-refractivity contribution in [1.82, 2.24) is 4.98 Å². The lowest BCUT2D eigenvalue weighted by molar-refractivity contribution is 0.792. The van der Waals surface area contributed by atoms with Crippen molar-refractivity contribution in [3.8, 4) is 11.3 Å². The average molecular weight is 268 g/mol. The van der Waals surface area contributed by atoms with Crippen molar-refractivity contribution in [3.05, 3.63) is 48.2 Å². The highest BCUT2D eigenvalue weighted by molar-refractivity contribution is 7.78. The molecule has 0 radical (unpaired) electrons. The molecule has 1 aromatic carbocycles. The van der Waals surface area contributed by atoms with Crippen LogP contribution in [-0.2, 0) is 6.42 Å². The summed E-state index contributed by atoms with van der Waals surface area (Å²) in [7, 11) is 0. The van der Waals surface area contributed by atoms with Gasteiger partial charge in [-0.15, -0.1) is 0 Å². The van der Waals surface area contributed by atoms with Crippen LogP contribution >= 0.6 is 12.2 Å². The first-order valence-electron chi connectivity index (χ1n) is 6.46. The molecule has 3 heteroatoms. The fraction of sp³-hybridized carbons (Fsp3) is 0.250. The summed E-state index contributed by atoms with van der Waals surface area (Å²) in [4.78, 5) is 8.44. The van der Waals surface area contributed by atoms with Gasteiger partial charge in [0, 0.05) is 11.8 Å². The second-order valence-corrected chi connectivity index (χ2v) is 4.59. The molecule has 2 rings (SSSR count). The number of isothiocyanates is 1. The first-order chi connectivity index (χ1) is 9.33. The van der Waals surface area contributed by atoms with E-state index in [-0.39, 0.29) is 0 Å². The highest BCUT2D eigenvalue weighted by Gasteiger charge is 2.00. The quantitative estimate of drug-likeness (QED) is 0.573. The lowest BCUT2D eigenvalue weighted by Crippen LogP contribution is -1.88. The number of aryl methyl sites for hydroxylation is 1. The molecule has 0 N–H and O–H groups in total. The molecule has 1 heterocycles. The molecule has 19 heavy (non-hydrogen) atoms. The fourth-order valence-electron chi connectivity index (χ4n) is 1.88. The second kappa shape index (κ2) is 6.93. The maximum absolute atomic E-state index is 4.58. The molecule has 0 unspecified atom stereocenters. The Morgan fingerprint density at radius 1 is 1.16 bits per heavy atom. The lowest BCUT2D eigenvalue weighted by Gasteiger charge is -2.03. The van der Waals surface area contributed by atoms with Crippen LogP contribution in [0.25, 0.3) is 11.3 Å². The molecule has 0 saturated heterocycles. The Balaban J connectivity index is 2.15. The Bertz CT molecular complexity index is 567. The smallest absolute Gasteiger partial charge is 0.0740 e. The number of thiocarbonyl (C=S) groups is 1. The van der Waals surface area contributed by atoms with Crippen molar-refractivity contribution in [2.75, 3.05) is 0 Å². The van der Waals surface area contributed by atoms with Gasteiger partial charge in [0.25, 0.3) is 0 Å². The van der Waals surface area contributed by atoms with E-state index < -0.39 is 0 Å². The molecule has 0 bridgehead atoms. The van der Waals surface area contributed by atoms with Gasteiger partial charge in [0.2, 0.25) is 0 Å². The van der Waals surface area contributed by atoms with Crippen LogP contribution in [0.5, 0.6) is 0 Å². The molecule has 0 aliphatic rings. The number of aliphatic imine (C=N–C) groups is 1. The maximum Gasteiger partial charge on any atom is 0.0740 e. The molecule has 0 spiro atoms. The summed E-state index contributed by atoms with van der Waals surface area (Å²) in [5.41, 5.74) is 4.19. The van der Waals surface area contributed by atoms with Gasteiger partial charge in [0.1, 0.15) is 0 Å². The summed E-state index contributed by atoms with van der Waals surface area (Å²) < 4.78 is 0. The fourth-order valence-corrected chi connectivity index (χ4v) is 1.99. The monoisotopic (exact) mass is 268 g/mol. The van der Waals surface area contributed by atoms with Gasteiger partial charge in [-0.3, -0.25) is 4.98 Å². The van der Waals surface area contributed by atoms with Crippen LogP contribution in [-0.4, -0.2) is 10.1 Å². The number of benzene rings is 1. The third-order valence-electron chi connectivity index (χ3n) is 2.98. The van der Waals surface area contributed by atoms with Crippen LogP contribution in [0.15, 0.2) is 47.6 Å². The Morgan fingerprint density at radius 3 is 2.53 bits per heavy atom. The molecule has 0 fully saturated rings. The summed E-state index contributed by atoms with van der Waals surface area (Å²) in [6, 6.07) is 12.1. The highest BCUT2D eigenvalue weighted by atomic mass is 32.1. The van der Waals surface area contributed by atoms with Crippen LogP contribution in [0, 0.1) is 0 Å². The van der Waals surface area contributed by atoms with Crippen molar-refractivity contribution in [3.63, 3.8) is 0 Å². The van der Waals surface area contributed by atoms with E-state index in [1.165, 1.54) is 18.4 Å². The molecule has 2 aromatic rings. The molecule has 96 valence electrons. The van der Waals surface area contributed by atoms with E-state index in [0.717, 1.165) is 23.4 Å². The van der Waals surface area contributed by atoms with E-state index in [9.17, 15) is 0 Å². The Kier molecular flexibility index (Phi) is 4.96. The second-order valence-electron chi connectivity index (χ2n) is 4.41. The predicted octanol–water partition coefficient (Wildman–Crippen LogP) is 4.83. The van der Waals surface area contributed by atoms with E-state index in [4.69, 9.17) is 0 Å². The first-order valence-corrected chi connectivity index (χ1v) is 6.87. The summed E-state index contributed by atoms with van der Waals surface area (Å²) in [6.45, 7) is 2.20. The minimum atomic E-state index is 0.818. The van der Waals surface area contributed by atoms with Crippen molar-refractivity contribution in [2.45, 2.75) is 26.2 Å². The zero-order chi connectivity index (χ0) is 13.5. The van der Waals surface area contributed by atoms with Gasteiger partial charge in [-0.05, 0) is 48.8 Å². The minimum Gasteiger partial charge on any atom is -0.256 e. The average Bonchev–Trinajstić information content (AvgIpc) is 2.47. The number of aromatic nitrogens is 1. The molecular weight excluding hydrogens is 252 g/mol. The van der Waals surface area contributed by atoms with Gasteiger partial charge in [0.15, 0.2) is 0 Å². The standard InChI is InChI=1S/C16H16N2S/c1-2-3-4-13-5-10-16(17-11-13)14-6-8-15(9-7-14)18-12-19/h5-11H,2-4H2,1H3. The number of unbranched alkanes of at least 4 members (excludes halogenated alkanes) is 1. The molecule has 1 aromatic heterocycles. The Labute approximate surface area is 119 Å². The summed E-state index contributed by atoms with van der Waals surface area (Å²) in [5.74, 6) is 0. The minimum absolute atomic E-state index is 0.818. The number of nitrogens with zero attached hydrogens (tertiary/aromatic N) is 2. The third-order valence-corrected chi connectivity index (χ3v) is 3.07. The number of hydrogen-bond acceptors (Lipinski definition) is 3. The van der Waals surface area contributed by atoms with Crippen molar-refractivity contribution in [1.29, 1.82) is 0 Å². The molecule has 0 aliphatic carbocycles. The summed E-state index contributed by atoms with van der Waals surface area (Å²) in [6.07, 6.45) is 5.50. The number of hydrogen-bond donors (Lipinski definition) is 0. The summed E-state index contributed by atoms with van der Waals surface area (Å²) in [5, 5.41) is 2.36. The number of pyridine rings is 1. The van der Waals surface area contributed by atoms with Crippen molar-refractivity contribution < 1.29 is 0 Å². The maximum atomic E-state index is 4.58. The van der Waals surface area contributed by atoms with E-state index in [1.54, 1.807) is 0 Å². The van der Waals surface area contributed by atoms with Gasteiger partial charge in [-0.2, -0.15) is 4.99 Å². The van der Waals surface area contributed by atoms with Crippen LogP contribution < -0.4 is 0 Å². The van der Waals surface area contributed by atoms with Crippen LogP contribution in [0.4, 0.5) is 5.69 Å². The van der Waals surface area contributed by atoms with Crippen molar-refractivity contribution >= 4 is 23.1 Å². The van der Waals surface area contributed by atoms with Gasteiger partial charge < -0.3 is 0 Å². The highest BCUT2D eigenvalue weighted by Crippen LogP contribution is 2.21. The van der Waals surface area contributed by atoms with E-state index in [1.807, 2.05) is 30.5 Å². The van der Waals surface area contributed by atoms with E-state index >= 15 is 0 Å². The zero-order valence-corrected chi connectivity index (χ0v) is 11.8.